The third-order valence-corrected chi connectivity index (χ3v) is 3.12. The third kappa shape index (κ3) is 1.62. The Labute approximate surface area is 115 Å². The number of hydrogen-bond donors (Lipinski definition) is 0. The lowest BCUT2D eigenvalue weighted by atomic mass is 10.2. The summed E-state index contributed by atoms with van der Waals surface area (Å²) in [6.45, 7) is 0. The molecule has 6 heteroatoms. The van der Waals surface area contributed by atoms with E-state index in [1.165, 1.54) is 0 Å². The van der Waals surface area contributed by atoms with Crippen molar-refractivity contribution in [2.45, 2.75) is 6.17 Å². The van der Waals surface area contributed by atoms with E-state index in [2.05, 4.69) is 24.9 Å². The third-order valence-electron chi connectivity index (χ3n) is 3.12. The van der Waals surface area contributed by atoms with Crippen molar-refractivity contribution in [2.24, 2.45) is 15.0 Å². The molecule has 0 saturated carbocycles. The number of rotatable bonds is 1. The van der Waals surface area contributed by atoms with Crippen molar-refractivity contribution < 1.29 is 0 Å². The minimum absolute atomic E-state index is 0.286. The molecule has 6 nitrogen and oxygen atoms in total. The van der Waals surface area contributed by atoms with Crippen LogP contribution in [0.2, 0.25) is 0 Å². The van der Waals surface area contributed by atoms with E-state index in [1.807, 2.05) is 35.2 Å². The van der Waals surface area contributed by atoms with Crippen LogP contribution in [0, 0.1) is 0 Å². The number of aromatic nitrogens is 2. The minimum atomic E-state index is -0.286. The second kappa shape index (κ2) is 4.34. The second-order valence-electron chi connectivity index (χ2n) is 4.33. The predicted octanol–water partition coefficient (Wildman–Crippen LogP) is 2.14. The molecule has 2 aliphatic rings. The van der Waals surface area contributed by atoms with Gasteiger partial charge in [0.25, 0.3) is 0 Å². The van der Waals surface area contributed by atoms with Gasteiger partial charge >= 0.3 is 0 Å². The van der Waals surface area contributed by atoms with Gasteiger partial charge in [0.05, 0.1) is 0 Å². The first-order valence-corrected chi connectivity index (χ1v) is 6.23. The molecule has 0 bridgehead atoms. The topological polar surface area (TPSA) is 66.1 Å². The Hall–Kier alpha value is -2.89. The van der Waals surface area contributed by atoms with Gasteiger partial charge in [-0.2, -0.15) is 0 Å². The molecule has 1 atom stereocenters. The quantitative estimate of drug-likeness (QED) is 0.790. The van der Waals surface area contributed by atoms with Crippen LogP contribution in [-0.2, 0) is 0 Å². The Balaban J connectivity index is 1.94. The number of fused-ring (bicyclic) bond motifs is 2. The Morgan fingerprint density at radius 2 is 1.80 bits per heavy atom. The summed E-state index contributed by atoms with van der Waals surface area (Å²) in [4.78, 5) is 23.9. The van der Waals surface area contributed by atoms with Crippen molar-refractivity contribution in [3.05, 3.63) is 42.7 Å². The van der Waals surface area contributed by atoms with E-state index in [0.717, 1.165) is 5.69 Å². The van der Waals surface area contributed by atoms with Crippen LogP contribution in [0.15, 0.2) is 57.7 Å². The number of aliphatic imine (C=N–C) groups is 3. The summed E-state index contributed by atoms with van der Waals surface area (Å²) in [5.41, 5.74) is 0.987. The normalized spacial score (nSPS) is 19.3. The summed E-state index contributed by atoms with van der Waals surface area (Å²) in [7, 11) is 0. The highest BCUT2D eigenvalue weighted by atomic mass is 15.4. The number of amidine groups is 1. The van der Waals surface area contributed by atoms with E-state index in [9.17, 15) is 0 Å². The SMILES string of the molecule is C1=NC2=Nc3nccnc3N(c3ccccc3)C2N=C1. The van der Waals surface area contributed by atoms with Gasteiger partial charge in [0.1, 0.15) is 0 Å². The van der Waals surface area contributed by atoms with E-state index in [0.29, 0.717) is 17.5 Å². The highest BCUT2D eigenvalue weighted by Gasteiger charge is 2.33. The van der Waals surface area contributed by atoms with Crippen molar-refractivity contribution in [3.63, 3.8) is 0 Å². The zero-order chi connectivity index (χ0) is 13.4. The summed E-state index contributed by atoms with van der Waals surface area (Å²) in [6, 6.07) is 9.95. The van der Waals surface area contributed by atoms with Gasteiger partial charge in [0.15, 0.2) is 23.6 Å². The summed E-state index contributed by atoms with van der Waals surface area (Å²) in [6.07, 6.45) is 6.32. The van der Waals surface area contributed by atoms with E-state index < -0.39 is 0 Å². The smallest absolute Gasteiger partial charge is 0.197 e. The zero-order valence-corrected chi connectivity index (χ0v) is 10.5. The van der Waals surface area contributed by atoms with E-state index >= 15 is 0 Å². The molecule has 0 saturated heterocycles. The first-order chi connectivity index (χ1) is 9.93. The van der Waals surface area contributed by atoms with Gasteiger partial charge in [0, 0.05) is 30.5 Å². The molecule has 0 fully saturated rings. The minimum Gasteiger partial charge on any atom is -0.294 e. The van der Waals surface area contributed by atoms with Gasteiger partial charge in [-0.1, -0.05) is 18.2 Å². The standard InChI is InChI=1S/C14H10N6/c1-2-4-10(5-3-1)20-13-11(15-6-8-17-13)19-12-14(20)18-9-7-16-12/h1-9,13H. The molecule has 0 spiro atoms. The fourth-order valence-electron chi connectivity index (χ4n) is 2.28. The molecule has 1 aromatic heterocycles. The van der Waals surface area contributed by atoms with Crippen LogP contribution in [-0.4, -0.2) is 34.4 Å². The number of anilines is 2. The zero-order valence-electron chi connectivity index (χ0n) is 10.5. The first-order valence-electron chi connectivity index (χ1n) is 6.23. The molecule has 0 radical (unpaired) electrons. The molecule has 0 amide bonds. The molecular weight excluding hydrogens is 252 g/mol. The van der Waals surface area contributed by atoms with Crippen molar-refractivity contribution in [1.29, 1.82) is 0 Å². The van der Waals surface area contributed by atoms with Crippen LogP contribution in [0.1, 0.15) is 0 Å². The molecule has 20 heavy (non-hydrogen) atoms. The molecule has 3 heterocycles. The second-order valence-corrected chi connectivity index (χ2v) is 4.33. The Morgan fingerprint density at radius 1 is 0.950 bits per heavy atom. The Bertz CT molecular complexity index is 734. The van der Waals surface area contributed by atoms with Gasteiger partial charge in [-0.05, 0) is 12.1 Å². The molecule has 4 rings (SSSR count). The highest BCUT2D eigenvalue weighted by Crippen LogP contribution is 2.37. The van der Waals surface area contributed by atoms with Gasteiger partial charge in [-0.15, -0.1) is 0 Å². The fourth-order valence-corrected chi connectivity index (χ4v) is 2.28. The Kier molecular flexibility index (Phi) is 2.38. The van der Waals surface area contributed by atoms with Crippen molar-refractivity contribution in [2.75, 3.05) is 4.90 Å². The van der Waals surface area contributed by atoms with Crippen molar-refractivity contribution in [3.8, 4) is 0 Å². The Morgan fingerprint density at radius 3 is 2.70 bits per heavy atom. The molecule has 1 aromatic carbocycles. The van der Waals surface area contributed by atoms with Crippen molar-refractivity contribution >= 4 is 35.6 Å². The lowest BCUT2D eigenvalue weighted by Crippen LogP contribution is -2.40. The maximum Gasteiger partial charge on any atom is 0.197 e. The number of nitrogens with zero attached hydrogens (tertiary/aromatic N) is 6. The summed E-state index contributed by atoms with van der Waals surface area (Å²) in [5.74, 6) is 1.89. The van der Waals surface area contributed by atoms with E-state index in [1.54, 1.807) is 24.8 Å². The average molecular weight is 262 g/mol. The lowest BCUT2D eigenvalue weighted by Gasteiger charge is -2.33. The van der Waals surface area contributed by atoms with Gasteiger partial charge in [0.2, 0.25) is 0 Å². The van der Waals surface area contributed by atoms with Crippen LogP contribution in [0.5, 0.6) is 0 Å². The fraction of sp³-hybridized carbons (Fsp3) is 0.0714. The summed E-state index contributed by atoms with van der Waals surface area (Å²) < 4.78 is 0. The van der Waals surface area contributed by atoms with Crippen molar-refractivity contribution in [1.82, 2.24) is 9.97 Å². The first kappa shape index (κ1) is 11.0. The van der Waals surface area contributed by atoms with Gasteiger partial charge in [-0.3, -0.25) is 9.89 Å². The molecule has 96 valence electrons. The van der Waals surface area contributed by atoms with Crippen LogP contribution < -0.4 is 4.90 Å². The molecule has 0 N–H and O–H groups in total. The maximum absolute atomic E-state index is 4.46. The highest BCUT2D eigenvalue weighted by molar-refractivity contribution is 6.23. The summed E-state index contributed by atoms with van der Waals surface area (Å²) >= 11 is 0. The van der Waals surface area contributed by atoms with Gasteiger partial charge < -0.3 is 0 Å². The maximum atomic E-state index is 4.46. The molecular formula is C14H10N6. The van der Waals surface area contributed by atoms with E-state index in [4.69, 9.17) is 0 Å². The van der Waals surface area contributed by atoms with Gasteiger partial charge in [-0.25, -0.2) is 20.0 Å². The largest absolute Gasteiger partial charge is 0.294 e. The van der Waals surface area contributed by atoms with Crippen LogP contribution in [0.4, 0.5) is 17.3 Å². The molecule has 0 aliphatic carbocycles. The molecule has 2 aromatic rings. The molecule has 2 aliphatic heterocycles. The van der Waals surface area contributed by atoms with Crippen LogP contribution >= 0.6 is 0 Å². The number of hydrogen-bond acceptors (Lipinski definition) is 6. The van der Waals surface area contributed by atoms with Crippen LogP contribution in [0.25, 0.3) is 0 Å². The number of benzene rings is 1. The molecule has 1 unspecified atom stereocenters. The van der Waals surface area contributed by atoms with Crippen LogP contribution in [0.3, 0.4) is 0 Å². The average Bonchev–Trinajstić information content (AvgIpc) is 2.53. The summed E-state index contributed by atoms with van der Waals surface area (Å²) in [5, 5.41) is 0. The van der Waals surface area contributed by atoms with E-state index in [-0.39, 0.29) is 6.17 Å². The monoisotopic (exact) mass is 262 g/mol. The lowest BCUT2D eigenvalue weighted by molar-refractivity contribution is 0.822. The predicted molar refractivity (Wildman–Crippen MR) is 78.5 cm³/mol. The number of para-hydroxylation sites is 1.